The third-order valence-corrected chi connectivity index (χ3v) is 12.3. The Kier molecular flexibility index (Phi) is 10.8. The Morgan fingerprint density at radius 3 is 2.42 bits per heavy atom. The fraction of sp³-hybridized carbons (Fsp3) is 0.625. The molecule has 10 nitrogen and oxygen atoms in total. The number of hydrogen-bond donors (Lipinski definition) is 0. The summed E-state index contributed by atoms with van der Waals surface area (Å²) in [6, 6.07) is 6.91. The van der Waals surface area contributed by atoms with Crippen LogP contribution in [0.25, 0.3) is 10.4 Å². The maximum absolute atomic E-state index is 13.3. The van der Waals surface area contributed by atoms with Crippen LogP contribution >= 0.6 is 22.6 Å². The van der Waals surface area contributed by atoms with E-state index in [1.165, 1.54) is 12.0 Å². The van der Waals surface area contributed by atoms with Crippen LogP contribution in [0.4, 0.5) is 4.79 Å². The number of nitrogens with zero attached hydrogens (tertiary/aromatic N) is 4. The Hall–Kier alpha value is -2.15. The summed E-state index contributed by atoms with van der Waals surface area (Å²) in [5, 5.41) is 3.61. The number of ketones is 1. The van der Waals surface area contributed by atoms with E-state index in [9.17, 15) is 14.4 Å². The maximum Gasteiger partial charge on any atom is 0.411 e. The minimum absolute atomic E-state index is 0.00657. The van der Waals surface area contributed by atoms with Crippen molar-refractivity contribution in [1.82, 2.24) is 4.90 Å². The van der Waals surface area contributed by atoms with Crippen LogP contribution in [-0.2, 0) is 30.1 Å². The first-order valence-electron chi connectivity index (χ1n) is 11.8. The van der Waals surface area contributed by atoms with Gasteiger partial charge in [0.25, 0.3) is 0 Å². The van der Waals surface area contributed by atoms with Crippen LogP contribution in [-0.4, -0.2) is 60.4 Å². The van der Waals surface area contributed by atoms with Crippen molar-refractivity contribution in [1.29, 1.82) is 0 Å². The average Bonchev–Trinajstić information content (AvgIpc) is 2.84. The lowest BCUT2D eigenvalue weighted by Gasteiger charge is -2.40. The molecule has 0 aliphatic carbocycles. The van der Waals surface area contributed by atoms with Gasteiger partial charge in [0.05, 0.1) is 17.2 Å². The van der Waals surface area contributed by atoms with Crippen LogP contribution in [0.5, 0.6) is 0 Å². The van der Waals surface area contributed by atoms with Gasteiger partial charge in [-0.2, -0.15) is 0 Å². The van der Waals surface area contributed by atoms with Gasteiger partial charge in [-0.1, -0.05) is 78.8 Å². The highest BCUT2D eigenvalue weighted by molar-refractivity contribution is 14.1. The molecule has 1 aromatic rings. The van der Waals surface area contributed by atoms with Crippen LogP contribution in [0.2, 0.25) is 18.1 Å². The van der Waals surface area contributed by atoms with E-state index in [4.69, 9.17) is 19.4 Å². The molecular formula is C24H35IN4O6Si. The quantitative estimate of drug-likeness (QED) is 0.0575. The molecule has 0 saturated carbocycles. The van der Waals surface area contributed by atoms with Crippen molar-refractivity contribution in [3.63, 3.8) is 0 Å². The number of rotatable bonds is 6. The normalized spacial score (nSPS) is 23.5. The lowest BCUT2D eigenvalue weighted by Crippen LogP contribution is -2.51. The molecule has 4 atom stereocenters. The van der Waals surface area contributed by atoms with Crippen molar-refractivity contribution in [3.8, 4) is 0 Å². The highest BCUT2D eigenvalue weighted by Crippen LogP contribution is 2.39. The number of benzene rings is 1. The first kappa shape index (κ1) is 30.1. The Bertz CT molecular complexity index is 981. The van der Waals surface area contributed by atoms with Crippen molar-refractivity contribution >= 4 is 48.8 Å². The zero-order valence-corrected chi connectivity index (χ0v) is 24.8. The van der Waals surface area contributed by atoms with Gasteiger partial charge >= 0.3 is 12.1 Å². The van der Waals surface area contributed by atoms with Crippen molar-refractivity contribution in [3.05, 3.63) is 46.3 Å². The van der Waals surface area contributed by atoms with Gasteiger partial charge in [0.1, 0.15) is 18.4 Å². The van der Waals surface area contributed by atoms with E-state index in [0.29, 0.717) is 6.42 Å². The number of halogens is 1. The van der Waals surface area contributed by atoms with Crippen LogP contribution in [0.1, 0.15) is 45.6 Å². The average molecular weight is 631 g/mol. The molecule has 0 aromatic heterocycles. The van der Waals surface area contributed by atoms with E-state index >= 15 is 0 Å². The Morgan fingerprint density at radius 2 is 1.86 bits per heavy atom. The van der Waals surface area contributed by atoms with Gasteiger partial charge in [0.2, 0.25) is 0 Å². The van der Waals surface area contributed by atoms with E-state index in [-0.39, 0.29) is 24.5 Å². The zero-order chi connectivity index (χ0) is 27.1. The summed E-state index contributed by atoms with van der Waals surface area (Å²) in [5.41, 5.74) is 9.89. The van der Waals surface area contributed by atoms with Crippen LogP contribution < -0.4 is 0 Å². The highest BCUT2D eigenvalue weighted by Gasteiger charge is 2.45. The number of azide groups is 1. The molecule has 36 heavy (non-hydrogen) atoms. The topological polar surface area (TPSA) is 131 Å². The van der Waals surface area contributed by atoms with E-state index in [1.807, 2.05) is 30.3 Å². The molecule has 1 aromatic carbocycles. The minimum atomic E-state index is -2.28. The zero-order valence-electron chi connectivity index (χ0n) is 21.6. The number of methoxy groups -OCH3 is 1. The number of carbonyl (C=O) groups excluding carboxylic acids is 3. The monoisotopic (exact) mass is 630 g/mol. The molecule has 0 bridgehead atoms. The Morgan fingerprint density at radius 1 is 1.22 bits per heavy atom. The largest absolute Gasteiger partial charge is 0.467 e. The van der Waals surface area contributed by atoms with E-state index in [1.54, 1.807) is 0 Å². The van der Waals surface area contributed by atoms with Crippen LogP contribution in [0, 0.1) is 0 Å². The lowest BCUT2D eigenvalue weighted by atomic mass is 10.0. The lowest BCUT2D eigenvalue weighted by molar-refractivity contribution is -0.148. The summed E-state index contributed by atoms with van der Waals surface area (Å²) in [6.07, 6.45) is -1.10. The molecule has 0 radical (unpaired) electrons. The summed E-state index contributed by atoms with van der Waals surface area (Å²) in [5.74, 6) is -1.21. The summed E-state index contributed by atoms with van der Waals surface area (Å²) in [6.45, 7) is 10.5. The second kappa shape index (κ2) is 12.9. The molecule has 198 valence electrons. The van der Waals surface area contributed by atoms with Crippen molar-refractivity contribution in [2.24, 2.45) is 5.11 Å². The third kappa shape index (κ3) is 7.92. The number of hydrogen-bond acceptors (Lipinski definition) is 7. The molecule has 2 rings (SSSR count). The fourth-order valence-corrected chi connectivity index (χ4v) is 6.22. The molecule has 12 heteroatoms. The SMILES string of the molecule is COC(=O)[C@@H]1CC(=O)[C@H](N=[N+]=[N-])C[C@H](O[Si](C)(C)C(C)(C)C)CC(I)N1C(=O)OCc1ccccc1. The maximum atomic E-state index is 13.3. The minimum Gasteiger partial charge on any atom is -0.467 e. The molecule has 1 fully saturated rings. The third-order valence-electron chi connectivity index (χ3n) is 6.70. The first-order chi connectivity index (χ1) is 16.8. The van der Waals surface area contributed by atoms with E-state index < -0.39 is 48.4 Å². The molecule has 1 amide bonds. The standard InChI is InChI=1S/C24H35IN4O6Si/c1-24(2,3)36(5,6)35-17-12-18(27-28-26)20(30)14-19(22(31)33-4)29(21(25)13-17)23(32)34-15-16-10-8-7-9-11-16/h7-11,17-19,21H,12-15H2,1-6H3/t17-,18+,19-,21?/m0/s1. The molecule has 0 spiro atoms. The second-order valence-electron chi connectivity index (χ2n) is 10.3. The summed E-state index contributed by atoms with van der Waals surface area (Å²) in [7, 11) is -1.08. The predicted octanol–water partition coefficient (Wildman–Crippen LogP) is 5.75. The predicted molar refractivity (Wildman–Crippen MR) is 146 cm³/mol. The van der Waals surface area contributed by atoms with E-state index in [0.717, 1.165) is 5.56 Å². The van der Waals surface area contributed by atoms with Crippen molar-refractivity contribution < 1.29 is 28.3 Å². The summed E-state index contributed by atoms with van der Waals surface area (Å²) < 4.78 is 16.6. The number of amides is 1. The highest BCUT2D eigenvalue weighted by atomic mass is 127. The number of esters is 1. The van der Waals surface area contributed by atoms with Gasteiger partial charge in [-0.25, -0.2) is 9.59 Å². The first-order valence-corrected chi connectivity index (χ1v) is 15.9. The summed E-state index contributed by atoms with van der Waals surface area (Å²) in [4.78, 5) is 43.4. The molecule has 1 saturated heterocycles. The second-order valence-corrected chi connectivity index (χ2v) is 16.5. The fourth-order valence-electron chi connectivity index (χ4n) is 3.66. The van der Waals surface area contributed by atoms with Gasteiger partial charge < -0.3 is 13.9 Å². The molecule has 1 heterocycles. The van der Waals surface area contributed by atoms with Gasteiger partial charge in [-0.3, -0.25) is 9.69 Å². The molecule has 1 aliphatic heterocycles. The van der Waals surface area contributed by atoms with Crippen LogP contribution in [0.3, 0.4) is 0 Å². The molecule has 1 aliphatic rings. The summed E-state index contributed by atoms with van der Waals surface area (Å²) >= 11 is 2.07. The molecule has 1 unspecified atom stereocenters. The van der Waals surface area contributed by atoms with Gasteiger partial charge in [-0.05, 0) is 35.6 Å². The molecule has 0 N–H and O–H groups in total. The van der Waals surface area contributed by atoms with E-state index in [2.05, 4.69) is 66.5 Å². The Balaban J connectivity index is 2.44. The number of alkyl halides is 1. The number of ether oxygens (including phenoxy) is 2. The molecular weight excluding hydrogens is 595 g/mol. The Labute approximate surface area is 226 Å². The number of carbonyl (C=O) groups is 3. The van der Waals surface area contributed by atoms with Gasteiger partial charge in [0.15, 0.2) is 8.32 Å². The van der Waals surface area contributed by atoms with Crippen molar-refractivity contribution in [2.75, 3.05) is 7.11 Å². The van der Waals surface area contributed by atoms with Gasteiger partial charge in [-0.15, -0.1) is 0 Å². The number of Topliss-reactive ketones (excluding diaryl/α,β-unsaturated/α-hetero) is 1. The smallest absolute Gasteiger partial charge is 0.411 e. The van der Waals surface area contributed by atoms with Crippen LogP contribution in [0.15, 0.2) is 35.4 Å². The van der Waals surface area contributed by atoms with Crippen molar-refractivity contribution in [2.45, 2.75) is 87.0 Å². The van der Waals surface area contributed by atoms with Gasteiger partial charge in [0, 0.05) is 23.9 Å².